The normalized spacial score (nSPS) is 12.9. The molecule has 11 heteroatoms. The molecule has 0 aliphatic carbocycles. The van der Waals surface area contributed by atoms with Crippen LogP contribution < -0.4 is 9.62 Å². The van der Waals surface area contributed by atoms with Crippen LogP contribution in [0.3, 0.4) is 0 Å². The van der Waals surface area contributed by atoms with E-state index in [-0.39, 0.29) is 39.1 Å². The number of nitrogens with one attached hydrogen (secondary N) is 1. The highest BCUT2D eigenvalue weighted by molar-refractivity contribution is 9.10. The SMILES string of the molecule is CC[C@@H](C)NC(=O)[C@@H](C)N(Cc1cccc(Br)c1)C(=O)CN(c1cccc(Cl)c1Cl)S(=O)(=O)c1ccccc1. The third-order valence-corrected chi connectivity index (χ3v) is 9.30. The molecule has 0 bridgehead atoms. The van der Waals surface area contributed by atoms with E-state index in [2.05, 4.69) is 21.2 Å². The summed E-state index contributed by atoms with van der Waals surface area (Å²) in [6.07, 6.45) is 0.717. The summed E-state index contributed by atoms with van der Waals surface area (Å²) < 4.78 is 29.4. The summed E-state index contributed by atoms with van der Waals surface area (Å²) in [5.41, 5.74) is 0.819. The predicted octanol–water partition coefficient (Wildman–Crippen LogP) is 6.28. The smallest absolute Gasteiger partial charge is 0.264 e. The third kappa shape index (κ3) is 7.75. The van der Waals surface area contributed by atoms with E-state index in [9.17, 15) is 18.0 Å². The molecule has 0 heterocycles. The van der Waals surface area contributed by atoms with Gasteiger partial charge in [-0.25, -0.2) is 8.42 Å². The minimum absolute atomic E-state index is 0.00688. The van der Waals surface area contributed by atoms with Crippen molar-refractivity contribution in [3.8, 4) is 0 Å². The van der Waals surface area contributed by atoms with Crippen molar-refractivity contribution in [3.05, 3.63) is 92.9 Å². The van der Waals surface area contributed by atoms with Gasteiger partial charge in [-0.15, -0.1) is 0 Å². The van der Waals surface area contributed by atoms with Gasteiger partial charge < -0.3 is 10.2 Å². The Morgan fingerprint density at radius 3 is 2.28 bits per heavy atom. The topological polar surface area (TPSA) is 86.8 Å². The highest BCUT2D eigenvalue weighted by atomic mass is 79.9. The molecule has 208 valence electrons. The Kier molecular flexibility index (Phi) is 10.8. The summed E-state index contributed by atoms with van der Waals surface area (Å²) in [5, 5.41) is 3.04. The standard InChI is InChI=1S/C28H30BrCl2N3O4S/c1-4-19(2)32-28(36)20(3)33(17-21-10-8-11-22(29)16-21)26(35)18-34(25-15-9-14-24(30)27(25)31)39(37,38)23-12-6-5-7-13-23/h5-16,19-20H,4,17-18H2,1-3H3,(H,32,36)/t19-,20-/m1/s1. The first-order valence-electron chi connectivity index (χ1n) is 12.3. The predicted molar refractivity (Wildman–Crippen MR) is 159 cm³/mol. The van der Waals surface area contributed by atoms with E-state index in [1.54, 1.807) is 31.2 Å². The molecule has 0 saturated heterocycles. The van der Waals surface area contributed by atoms with Crippen molar-refractivity contribution in [2.75, 3.05) is 10.8 Å². The molecule has 0 aliphatic rings. The summed E-state index contributed by atoms with van der Waals surface area (Å²) in [6.45, 7) is 4.92. The number of nitrogens with zero attached hydrogens (tertiary/aromatic N) is 2. The van der Waals surface area contributed by atoms with Crippen LogP contribution >= 0.6 is 39.1 Å². The van der Waals surface area contributed by atoms with Gasteiger partial charge in [0.15, 0.2) is 0 Å². The highest BCUT2D eigenvalue weighted by Gasteiger charge is 2.33. The van der Waals surface area contributed by atoms with Crippen LogP contribution in [-0.2, 0) is 26.2 Å². The van der Waals surface area contributed by atoms with Crippen molar-refractivity contribution in [3.63, 3.8) is 0 Å². The average Bonchev–Trinajstić information content (AvgIpc) is 2.92. The van der Waals surface area contributed by atoms with Gasteiger partial charge >= 0.3 is 0 Å². The lowest BCUT2D eigenvalue weighted by Crippen LogP contribution is -2.52. The number of carbonyl (C=O) groups is 2. The molecule has 0 spiro atoms. The van der Waals surface area contributed by atoms with Crippen LogP contribution in [0.25, 0.3) is 0 Å². The van der Waals surface area contributed by atoms with Gasteiger partial charge in [-0.1, -0.05) is 82.5 Å². The average molecular weight is 655 g/mol. The van der Waals surface area contributed by atoms with E-state index < -0.39 is 28.5 Å². The van der Waals surface area contributed by atoms with Crippen molar-refractivity contribution in [2.45, 2.75) is 50.7 Å². The Hall–Kier alpha value is -2.59. The highest BCUT2D eigenvalue weighted by Crippen LogP contribution is 2.35. The van der Waals surface area contributed by atoms with Crippen LogP contribution in [0.1, 0.15) is 32.8 Å². The number of hydrogen-bond donors (Lipinski definition) is 1. The van der Waals surface area contributed by atoms with Gasteiger partial charge in [0.2, 0.25) is 11.8 Å². The molecule has 0 unspecified atom stereocenters. The fourth-order valence-electron chi connectivity index (χ4n) is 3.80. The number of amides is 2. The van der Waals surface area contributed by atoms with Crippen molar-refractivity contribution in [2.24, 2.45) is 0 Å². The van der Waals surface area contributed by atoms with Crippen molar-refractivity contribution in [1.82, 2.24) is 10.2 Å². The lowest BCUT2D eigenvalue weighted by Gasteiger charge is -2.32. The Morgan fingerprint density at radius 2 is 1.64 bits per heavy atom. The summed E-state index contributed by atoms with van der Waals surface area (Å²) >= 11 is 16.1. The molecule has 1 N–H and O–H groups in total. The van der Waals surface area contributed by atoms with Gasteiger partial charge in [0.1, 0.15) is 12.6 Å². The first-order valence-corrected chi connectivity index (χ1v) is 15.3. The largest absolute Gasteiger partial charge is 0.352 e. The molecule has 7 nitrogen and oxygen atoms in total. The Bertz CT molecular complexity index is 1420. The molecule has 0 aromatic heterocycles. The van der Waals surface area contributed by atoms with Gasteiger partial charge in [-0.2, -0.15) is 0 Å². The molecule has 2 amide bonds. The van der Waals surface area contributed by atoms with Crippen molar-refractivity contribution >= 4 is 66.7 Å². The second-order valence-electron chi connectivity index (χ2n) is 9.04. The first-order chi connectivity index (χ1) is 18.4. The fourth-order valence-corrected chi connectivity index (χ4v) is 6.14. The lowest BCUT2D eigenvalue weighted by atomic mass is 10.1. The Labute approximate surface area is 248 Å². The van der Waals surface area contributed by atoms with Crippen LogP contribution in [0.5, 0.6) is 0 Å². The van der Waals surface area contributed by atoms with E-state index >= 15 is 0 Å². The fraction of sp³-hybridized carbons (Fsp3) is 0.286. The molecular weight excluding hydrogens is 625 g/mol. The van der Waals surface area contributed by atoms with Crippen molar-refractivity contribution < 1.29 is 18.0 Å². The minimum Gasteiger partial charge on any atom is -0.352 e. The van der Waals surface area contributed by atoms with E-state index in [0.29, 0.717) is 6.42 Å². The summed E-state index contributed by atoms with van der Waals surface area (Å²) in [6, 6.07) is 18.7. The zero-order chi connectivity index (χ0) is 28.7. The van der Waals surface area contributed by atoms with Gasteiger partial charge in [-0.3, -0.25) is 13.9 Å². The molecule has 0 fully saturated rings. The van der Waals surface area contributed by atoms with Crippen LogP contribution in [0.15, 0.2) is 82.2 Å². The number of hydrogen-bond acceptors (Lipinski definition) is 4. The van der Waals surface area contributed by atoms with Crippen LogP contribution in [0.2, 0.25) is 10.0 Å². The van der Waals surface area contributed by atoms with Crippen LogP contribution in [-0.4, -0.2) is 43.8 Å². The molecule has 2 atom stereocenters. The molecule has 39 heavy (non-hydrogen) atoms. The maximum absolute atomic E-state index is 13.9. The Morgan fingerprint density at radius 1 is 0.974 bits per heavy atom. The second-order valence-corrected chi connectivity index (χ2v) is 12.6. The van der Waals surface area contributed by atoms with E-state index in [1.807, 2.05) is 38.1 Å². The van der Waals surface area contributed by atoms with Gasteiger partial charge in [-0.05, 0) is 62.2 Å². The van der Waals surface area contributed by atoms with E-state index in [1.165, 1.54) is 29.2 Å². The van der Waals surface area contributed by atoms with E-state index in [0.717, 1.165) is 14.3 Å². The second kappa shape index (κ2) is 13.7. The number of anilines is 1. The number of carbonyl (C=O) groups excluding carboxylic acids is 2. The van der Waals surface area contributed by atoms with Crippen LogP contribution in [0.4, 0.5) is 5.69 Å². The maximum atomic E-state index is 13.9. The van der Waals surface area contributed by atoms with Gasteiger partial charge in [0.05, 0.1) is 20.6 Å². The number of halogens is 3. The molecular formula is C28H30BrCl2N3O4S. The number of rotatable bonds is 11. The zero-order valence-corrected chi connectivity index (χ0v) is 25.7. The summed E-state index contributed by atoms with van der Waals surface area (Å²) in [4.78, 5) is 28.4. The summed E-state index contributed by atoms with van der Waals surface area (Å²) in [7, 11) is -4.24. The minimum atomic E-state index is -4.24. The lowest BCUT2D eigenvalue weighted by molar-refractivity contribution is -0.139. The van der Waals surface area contributed by atoms with Gasteiger partial charge in [0.25, 0.3) is 10.0 Å². The zero-order valence-electron chi connectivity index (χ0n) is 21.8. The first kappa shape index (κ1) is 30.9. The molecule has 0 saturated carbocycles. The molecule has 3 aromatic rings. The van der Waals surface area contributed by atoms with Crippen LogP contribution in [0, 0.1) is 0 Å². The number of sulfonamides is 1. The Balaban J connectivity index is 2.06. The van der Waals surface area contributed by atoms with Crippen molar-refractivity contribution in [1.29, 1.82) is 0 Å². The summed E-state index contributed by atoms with van der Waals surface area (Å²) in [5.74, 6) is -0.928. The van der Waals surface area contributed by atoms with E-state index in [4.69, 9.17) is 23.2 Å². The molecule has 0 radical (unpaired) electrons. The molecule has 0 aliphatic heterocycles. The number of benzene rings is 3. The maximum Gasteiger partial charge on any atom is 0.264 e. The molecule has 3 rings (SSSR count). The van der Waals surface area contributed by atoms with Gasteiger partial charge in [0, 0.05) is 17.1 Å². The third-order valence-electron chi connectivity index (χ3n) is 6.22. The monoisotopic (exact) mass is 653 g/mol. The molecule has 3 aromatic carbocycles. The quantitative estimate of drug-likeness (QED) is 0.264.